The summed E-state index contributed by atoms with van der Waals surface area (Å²) in [4.78, 5) is 12.0. The molecule has 1 aromatic carbocycles. The second kappa shape index (κ2) is 7.17. The van der Waals surface area contributed by atoms with E-state index in [4.69, 9.17) is 0 Å². The monoisotopic (exact) mass is 248 g/mol. The summed E-state index contributed by atoms with van der Waals surface area (Å²) in [5, 5.41) is 6.13. The Balaban J connectivity index is 2.67. The molecule has 2 atom stereocenters. The molecular weight excluding hydrogens is 224 g/mol. The van der Waals surface area contributed by atoms with Gasteiger partial charge in [-0.3, -0.25) is 4.79 Å². The molecule has 0 saturated carbocycles. The summed E-state index contributed by atoms with van der Waals surface area (Å²) in [5.41, 5.74) is 2.41. The summed E-state index contributed by atoms with van der Waals surface area (Å²) in [5.74, 6) is 0.103. The van der Waals surface area contributed by atoms with E-state index in [0.29, 0.717) is 6.54 Å². The van der Waals surface area contributed by atoms with Gasteiger partial charge in [-0.05, 0) is 26.0 Å². The van der Waals surface area contributed by atoms with Crippen LogP contribution in [0, 0.1) is 12.8 Å². The van der Waals surface area contributed by atoms with Crippen LogP contribution in [0.2, 0.25) is 0 Å². The van der Waals surface area contributed by atoms with Crippen LogP contribution in [0.15, 0.2) is 24.3 Å². The Morgan fingerprint density at radius 3 is 2.39 bits per heavy atom. The predicted molar refractivity (Wildman–Crippen MR) is 75.4 cm³/mol. The van der Waals surface area contributed by atoms with Gasteiger partial charge in [-0.2, -0.15) is 0 Å². The molecule has 0 bridgehead atoms. The number of carbonyl (C=O) groups is 1. The normalized spacial score (nSPS) is 14.0. The van der Waals surface area contributed by atoms with Crippen molar-refractivity contribution in [3.8, 4) is 0 Å². The highest BCUT2D eigenvalue weighted by molar-refractivity contribution is 5.79. The maximum absolute atomic E-state index is 12.0. The van der Waals surface area contributed by atoms with Crippen molar-refractivity contribution < 1.29 is 4.79 Å². The fourth-order valence-corrected chi connectivity index (χ4v) is 1.93. The number of amides is 1. The quantitative estimate of drug-likeness (QED) is 0.811. The zero-order chi connectivity index (χ0) is 13.5. The molecule has 3 nitrogen and oxygen atoms in total. The van der Waals surface area contributed by atoms with Crippen molar-refractivity contribution in [2.75, 3.05) is 13.6 Å². The lowest BCUT2D eigenvalue weighted by Gasteiger charge is -2.20. The van der Waals surface area contributed by atoms with E-state index in [0.717, 1.165) is 6.42 Å². The van der Waals surface area contributed by atoms with E-state index in [-0.39, 0.29) is 17.9 Å². The van der Waals surface area contributed by atoms with Crippen LogP contribution < -0.4 is 10.6 Å². The van der Waals surface area contributed by atoms with Crippen LogP contribution in [0.1, 0.15) is 37.4 Å². The standard InChI is InChI=1S/C15H24N2O/c1-5-14(13-8-6-11(2)7-9-13)17-15(18)12(3)10-16-4/h6-9,12,14,16H,5,10H2,1-4H3,(H,17,18). The molecule has 0 fully saturated rings. The molecule has 18 heavy (non-hydrogen) atoms. The van der Waals surface area contributed by atoms with Crippen molar-refractivity contribution in [1.82, 2.24) is 10.6 Å². The Bertz CT molecular complexity index is 373. The van der Waals surface area contributed by atoms with Crippen molar-refractivity contribution in [2.24, 2.45) is 5.92 Å². The number of hydrogen-bond donors (Lipinski definition) is 2. The average Bonchev–Trinajstić information content (AvgIpc) is 2.37. The van der Waals surface area contributed by atoms with E-state index < -0.39 is 0 Å². The zero-order valence-electron chi connectivity index (χ0n) is 11.8. The van der Waals surface area contributed by atoms with E-state index in [1.807, 2.05) is 14.0 Å². The van der Waals surface area contributed by atoms with Crippen molar-refractivity contribution >= 4 is 5.91 Å². The largest absolute Gasteiger partial charge is 0.349 e. The fourth-order valence-electron chi connectivity index (χ4n) is 1.93. The summed E-state index contributed by atoms with van der Waals surface area (Å²) >= 11 is 0. The molecule has 0 aliphatic heterocycles. The van der Waals surface area contributed by atoms with E-state index in [2.05, 4.69) is 48.7 Å². The third-order valence-electron chi connectivity index (χ3n) is 3.16. The Morgan fingerprint density at radius 1 is 1.28 bits per heavy atom. The minimum atomic E-state index is -0.00509. The Hall–Kier alpha value is -1.35. The first kappa shape index (κ1) is 14.7. The minimum absolute atomic E-state index is 0.00509. The van der Waals surface area contributed by atoms with Gasteiger partial charge in [-0.1, -0.05) is 43.7 Å². The second-order valence-electron chi connectivity index (χ2n) is 4.84. The first-order valence-corrected chi connectivity index (χ1v) is 6.60. The van der Waals surface area contributed by atoms with Gasteiger partial charge in [0.2, 0.25) is 5.91 Å². The fraction of sp³-hybridized carbons (Fsp3) is 0.533. The Kier molecular flexibility index (Phi) is 5.86. The summed E-state index contributed by atoms with van der Waals surface area (Å²) in [6.07, 6.45) is 0.904. The second-order valence-corrected chi connectivity index (χ2v) is 4.84. The molecule has 0 saturated heterocycles. The molecule has 1 rings (SSSR count). The number of aryl methyl sites for hydroxylation is 1. The van der Waals surface area contributed by atoms with Crippen molar-refractivity contribution in [2.45, 2.75) is 33.2 Å². The molecule has 0 spiro atoms. The lowest BCUT2D eigenvalue weighted by atomic mass is 10.0. The molecule has 0 aromatic heterocycles. The molecule has 0 radical (unpaired) electrons. The van der Waals surface area contributed by atoms with Gasteiger partial charge in [0.15, 0.2) is 0 Å². The van der Waals surface area contributed by atoms with Crippen molar-refractivity contribution in [3.63, 3.8) is 0 Å². The number of rotatable bonds is 6. The van der Waals surface area contributed by atoms with E-state index in [1.165, 1.54) is 11.1 Å². The average molecular weight is 248 g/mol. The number of hydrogen-bond acceptors (Lipinski definition) is 2. The van der Waals surface area contributed by atoms with Crippen LogP contribution in [0.3, 0.4) is 0 Å². The van der Waals surface area contributed by atoms with Gasteiger partial charge in [0, 0.05) is 12.5 Å². The van der Waals surface area contributed by atoms with Gasteiger partial charge >= 0.3 is 0 Å². The molecule has 2 unspecified atom stereocenters. The third-order valence-corrected chi connectivity index (χ3v) is 3.16. The summed E-state index contributed by atoms with van der Waals surface area (Å²) in [6, 6.07) is 8.46. The predicted octanol–water partition coefficient (Wildman–Crippen LogP) is 2.42. The van der Waals surface area contributed by atoms with Crippen LogP contribution in [0.25, 0.3) is 0 Å². The minimum Gasteiger partial charge on any atom is -0.349 e. The first-order chi connectivity index (χ1) is 8.58. The SMILES string of the molecule is CCC(NC(=O)C(C)CNC)c1ccc(C)cc1. The van der Waals surface area contributed by atoms with E-state index >= 15 is 0 Å². The topological polar surface area (TPSA) is 41.1 Å². The molecule has 0 aliphatic carbocycles. The smallest absolute Gasteiger partial charge is 0.224 e. The molecule has 2 N–H and O–H groups in total. The van der Waals surface area contributed by atoms with Crippen molar-refractivity contribution in [3.05, 3.63) is 35.4 Å². The van der Waals surface area contributed by atoms with Gasteiger partial charge in [0.1, 0.15) is 0 Å². The molecule has 100 valence electrons. The molecule has 3 heteroatoms. The molecular formula is C15H24N2O. The summed E-state index contributed by atoms with van der Waals surface area (Å²) in [7, 11) is 1.86. The van der Waals surface area contributed by atoms with Crippen molar-refractivity contribution in [1.29, 1.82) is 0 Å². The Labute approximate surface area is 110 Å². The van der Waals surface area contributed by atoms with Crippen LogP contribution in [-0.2, 0) is 4.79 Å². The van der Waals surface area contributed by atoms with Gasteiger partial charge in [0.25, 0.3) is 0 Å². The number of nitrogens with one attached hydrogen (secondary N) is 2. The van der Waals surface area contributed by atoms with Crippen LogP contribution in [-0.4, -0.2) is 19.5 Å². The van der Waals surface area contributed by atoms with E-state index in [9.17, 15) is 4.79 Å². The van der Waals surface area contributed by atoms with Crippen LogP contribution >= 0.6 is 0 Å². The van der Waals surface area contributed by atoms with E-state index in [1.54, 1.807) is 0 Å². The van der Waals surface area contributed by atoms with Gasteiger partial charge in [0.05, 0.1) is 6.04 Å². The van der Waals surface area contributed by atoms with Gasteiger partial charge < -0.3 is 10.6 Å². The lowest BCUT2D eigenvalue weighted by molar-refractivity contribution is -0.125. The first-order valence-electron chi connectivity index (χ1n) is 6.60. The van der Waals surface area contributed by atoms with Crippen LogP contribution in [0.5, 0.6) is 0 Å². The Morgan fingerprint density at radius 2 is 1.89 bits per heavy atom. The highest BCUT2D eigenvalue weighted by atomic mass is 16.1. The molecule has 0 aliphatic rings. The maximum atomic E-state index is 12.0. The zero-order valence-corrected chi connectivity index (χ0v) is 11.8. The highest BCUT2D eigenvalue weighted by Gasteiger charge is 2.17. The third kappa shape index (κ3) is 4.15. The number of carbonyl (C=O) groups excluding carboxylic acids is 1. The van der Waals surface area contributed by atoms with Crippen LogP contribution in [0.4, 0.5) is 0 Å². The maximum Gasteiger partial charge on any atom is 0.224 e. The summed E-state index contributed by atoms with van der Waals surface area (Å²) < 4.78 is 0. The summed E-state index contributed by atoms with van der Waals surface area (Å²) in [6.45, 7) is 6.80. The highest BCUT2D eigenvalue weighted by Crippen LogP contribution is 2.17. The lowest BCUT2D eigenvalue weighted by Crippen LogP contribution is -2.36. The van der Waals surface area contributed by atoms with Gasteiger partial charge in [-0.25, -0.2) is 0 Å². The van der Waals surface area contributed by atoms with Gasteiger partial charge in [-0.15, -0.1) is 0 Å². The molecule has 1 aromatic rings. The molecule has 1 amide bonds. The number of benzene rings is 1. The molecule has 0 heterocycles.